The van der Waals surface area contributed by atoms with Crippen molar-refractivity contribution in [1.82, 2.24) is 4.72 Å². The van der Waals surface area contributed by atoms with Gasteiger partial charge in [-0.15, -0.1) is 0 Å². The average Bonchev–Trinajstić information content (AvgIpc) is 2.61. The molecule has 0 radical (unpaired) electrons. The first kappa shape index (κ1) is 20.4. The summed E-state index contributed by atoms with van der Waals surface area (Å²) in [5.74, 6) is 0.0409. The minimum atomic E-state index is -3.56. The van der Waals surface area contributed by atoms with Crippen LogP contribution in [0.5, 0.6) is 5.75 Å². The quantitative estimate of drug-likeness (QED) is 0.723. The molecule has 7 nitrogen and oxygen atoms in total. The van der Waals surface area contributed by atoms with E-state index in [1.807, 2.05) is 0 Å². The van der Waals surface area contributed by atoms with Gasteiger partial charge in [0.25, 0.3) is 5.91 Å². The van der Waals surface area contributed by atoms with Gasteiger partial charge in [0.05, 0.1) is 17.4 Å². The molecule has 0 heterocycles. The van der Waals surface area contributed by atoms with Crippen LogP contribution >= 0.6 is 0 Å². The average molecular weight is 387 g/mol. The standard InChI is InChI=1S/C19H21N3O4S/c1-14(2)22-27(24,25)18-9-7-17(8-10-18)26-13-19(23)21-16-5-3-15(4-6-16)11-12-20/h3-10,14,22H,11,13H2,1-2H3,(H,21,23). The second kappa shape index (κ2) is 9.16. The van der Waals surface area contributed by atoms with E-state index in [0.717, 1.165) is 5.56 Å². The second-order valence-corrected chi connectivity index (χ2v) is 7.83. The largest absolute Gasteiger partial charge is 0.484 e. The minimum Gasteiger partial charge on any atom is -0.484 e. The number of rotatable bonds is 8. The molecule has 1 amide bonds. The zero-order valence-corrected chi connectivity index (χ0v) is 15.9. The molecule has 0 aromatic heterocycles. The summed E-state index contributed by atoms with van der Waals surface area (Å²) in [5, 5.41) is 11.3. The number of hydrogen-bond donors (Lipinski definition) is 2. The van der Waals surface area contributed by atoms with Crippen LogP contribution in [0.3, 0.4) is 0 Å². The first-order valence-corrected chi connectivity index (χ1v) is 9.79. The molecule has 0 saturated heterocycles. The molecule has 0 atom stereocenters. The molecule has 0 aliphatic rings. The molecule has 27 heavy (non-hydrogen) atoms. The van der Waals surface area contributed by atoms with Gasteiger partial charge in [-0.2, -0.15) is 5.26 Å². The number of nitrogens with zero attached hydrogens (tertiary/aromatic N) is 1. The summed E-state index contributed by atoms with van der Waals surface area (Å²) in [5.41, 5.74) is 1.47. The highest BCUT2D eigenvalue weighted by molar-refractivity contribution is 7.89. The van der Waals surface area contributed by atoms with E-state index in [1.54, 1.807) is 38.1 Å². The number of nitriles is 1. The van der Waals surface area contributed by atoms with Crippen molar-refractivity contribution >= 4 is 21.6 Å². The van der Waals surface area contributed by atoms with Gasteiger partial charge in [0, 0.05) is 11.7 Å². The summed E-state index contributed by atoms with van der Waals surface area (Å²) in [6.07, 6.45) is 0.315. The van der Waals surface area contributed by atoms with Crippen LogP contribution in [0.4, 0.5) is 5.69 Å². The molecule has 2 aromatic carbocycles. The maximum Gasteiger partial charge on any atom is 0.262 e. The Balaban J connectivity index is 1.89. The van der Waals surface area contributed by atoms with Gasteiger partial charge in [-0.05, 0) is 55.8 Å². The van der Waals surface area contributed by atoms with Crippen molar-refractivity contribution < 1.29 is 17.9 Å². The third-order valence-corrected chi connectivity index (χ3v) is 5.09. The minimum absolute atomic E-state index is 0.130. The van der Waals surface area contributed by atoms with Crippen molar-refractivity contribution in [2.24, 2.45) is 0 Å². The smallest absolute Gasteiger partial charge is 0.262 e. The Hall–Kier alpha value is -2.89. The van der Waals surface area contributed by atoms with Gasteiger partial charge in [-0.3, -0.25) is 4.79 Å². The van der Waals surface area contributed by atoms with E-state index in [0.29, 0.717) is 17.9 Å². The lowest BCUT2D eigenvalue weighted by atomic mass is 10.1. The van der Waals surface area contributed by atoms with Crippen molar-refractivity contribution in [2.45, 2.75) is 31.2 Å². The molecule has 2 rings (SSSR count). The molecule has 142 valence electrons. The maximum atomic E-state index is 12.1. The van der Waals surface area contributed by atoms with Crippen molar-refractivity contribution in [3.63, 3.8) is 0 Å². The van der Waals surface area contributed by atoms with Crippen LogP contribution in [0.25, 0.3) is 0 Å². The summed E-state index contributed by atoms with van der Waals surface area (Å²) < 4.78 is 32.0. The van der Waals surface area contributed by atoms with Gasteiger partial charge in [-0.1, -0.05) is 12.1 Å². The van der Waals surface area contributed by atoms with Crippen LogP contribution in [0, 0.1) is 11.3 Å². The van der Waals surface area contributed by atoms with Crippen LogP contribution < -0.4 is 14.8 Å². The van der Waals surface area contributed by atoms with Crippen LogP contribution in [-0.4, -0.2) is 27.0 Å². The predicted octanol–water partition coefficient (Wildman–Crippen LogP) is 2.46. The number of amides is 1. The predicted molar refractivity (Wildman–Crippen MR) is 102 cm³/mol. The van der Waals surface area contributed by atoms with Crippen LogP contribution in [0.15, 0.2) is 53.4 Å². The highest BCUT2D eigenvalue weighted by Crippen LogP contribution is 2.16. The molecule has 2 N–H and O–H groups in total. The van der Waals surface area contributed by atoms with Crippen molar-refractivity contribution in [3.05, 3.63) is 54.1 Å². The van der Waals surface area contributed by atoms with Crippen LogP contribution in [0.2, 0.25) is 0 Å². The first-order valence-electron chi connectivity index (χ1n) is 8.31. The maximum absolute atomic E-state index is 12.1. The highest BCUT2D eigenvalue weighted by Gasteiger charge is 2.15. The second-order valence-electron chi connectivity index (χ2n) is 6.12. The lowest BCUT2D eigenvalue weighted by Gasteiger charge is -2.11. The third-order valence-electron chi connectivity index (χ3n) is 3.42. The summed E-state index contributed by atoms with van der Waals surface area (Å²) in [7, 11) is -3.56. The van der Waals surface area contributed by atoms with Crippen molar-refractivity contribution in [2.75, 3.05) is 11.9 Å². The van der Waals surface area contributed by atoms with Crippen molar-refractivity contribution in [1.29, 1.82) is 5.26 Å². The van der Waals surface area contributed by atoms with Crippen LogP contribution in [-0.2, 0) is 21.2 Å². The summed E-state index contributed by atoms with van der Waals surface area (Å²) >= 11 is 0. The highest BCUT2D eigenvalue weighted by atomic mass is 32.2. The Kier molecular flexibility index (Phi) is 6.93. The zero-order chi connectivity index (χ0) is 19.9. The Morgan fingerprint density at radius 2 is 1.74 bits per heavy atom. The number of nitrogens with one attached hydrogen (secondary N) is 2. The van der Waals surface area contributed by atoms with Gasteiger partial charge in [0.2, 0.25) is 10.0 Å². The Labute approximate surface area is 159 Å². The molecule has 0 bridgehead atoms. The Morgan fingerprint density at radius 1 is 1.11 bits per heavy atom. The molecule has 0 aliphatic carbocycles. The topological polar surface area (TPSA) is 108 Å². The number of sulfonamides is 1. The molecule has 0 spiro atoms. The molecule has 0 aliphatic heterocycles. The first-order chi connectivity index (χ1) is 12.8. The summed E-state index contributed by atoms with van der Waals surface area (Å²) in [6.45, 7) is 3.27. The molecule has 2 aromatic rings. The number of carbonyl (C=O) groups is 1. The van der Waals surface area contributed by atoms with E-state index in [-0.39, 0.29) is 23.5 Å². The SMILES string of the molecule is CC(C)NS(=O)(=O)c1ccc(OCC(=O)Nc2ccc(CC#N)cc2)cc1. The lowest BCUT2D eigenvalue weighted by Crippen LogP contribution is -2.30. The molecule has 0 saturated carbocycles. The number of benzene rings is 2. The van der Waals surface area contributed by atoms with E-state index in [2.05, 4.69) is 16.1 Å². The molecule has 8 heteroatoms. The fourth-order valence-corrected chi connectivity index (χ4v) is 3.49. The van der Waals surface area contributed by atoms with Crippen molar-refractivity contribution in [3.8, 4) is 11.8 Å². The summed E-state index contributed by atoms with van der Waals surface area (Å²) in [6, 6.07) is 14.7. The molecule has 0 unspecified atom stereocenters. The van der Waals surface area contributed by atoms with E-state index in [1.165, 1.54) is 24.3 Å². The number of carbonyl (C=O) groups excluding carboxylic acids is 1. The number of ether oxygens (including phenoxy) is 1. The molecular weight excluding hydrogens is 366 g/mol. The molecule has 0 fully saturated rings. The van der Waals surface area contributed by atoms with Gasteiger partial charge < -0.3 is 10.1 Å². The Bertz CT molecular complexity index is 915. The fourth-order valence-electron chi connectivity index (χ4n) is 2.24. The summed E-state index contributed by atoms with van der Waals surface area (Å²) in [4.78, 5) is 12.1. The van der Waals surface area contributed by atoms with Crippen LogP contribution in [0.1, 0.15) is 19.4 Å². The Morgan fingerprint density at radius 3 is 2.30 bits per heavy atom. The number of anilines is 1. The zero-order valence-electron chi connectivity index (χ0n) is 15.1. The normalized spacial score (nSPS) is 11.0. The van der Waals surface area contributed by atoms with Gasteiger partial charge in [0.1, 0.15) is 5.75 Å². The van der Waals surface area contributed by atoms with Gasteiger partial charge >= 0.3 is 0 Å². The number of hydrogen-bond acceptors (Lipinski definition) is 5. The van der Waals surface area contributed by atoms with E-state index < -0.39 is 10.0 Å². The van der Waals surface area contributed by atoms with E-state index in [9.17, 15) is 13.2 Å². The van der Waals surface area contributed by atoms with E-state index >= 15 is 0 Å². The van der Waals surface area contributed by atoms with E-state index in [4.69, 9.17) is 10.00 Å². The lowest BCUT2D eigenvalue weighted by molar-refractivity contribution is -0.118. The van der Waals surface area contributed by atoms with Gasteiger partial charge in [0.15, 0.2) is 6.61 Å². The van der Waals surface area contributed by atoms with Gasteiger partial charge in [-0.25, -0.2) is 13.1 Å². The monoisotopic (exact) mass is 387 g/mol. The molecular formula is C19H21N3O4S. The third kappa shape index (κ3) is 6.40. The fraction of sp³-hybridized carbons (Fsp3) is 0.263.